The van der Waals surface area contributed by atoms with Crippen molar-refractivity contribution in [3.8, 4) is 0 Å². The monoisotopic (exact) mass is 492 g/mol. The Labute approximate surface area is 207 Å². The molecule has 0 radical (unpaired) electrons. The van der Waals surface area contributed by atoms with E-state index in [2.05, 4.69) is 17.4 Å². The lowest BCUT2D eigenvalue weighted by molar-refractivity contribution is -0.122. The Balaban J connectivity index is 1.31. The molecule has 1 N–H and O–H groups in total. The van der Waals surface area contributed by atoms with E-state index in [1.54, 1.807) is 42.5 Å². The van der Waals surface area contributed by atoms with E-state index >= 15 is 0 Å². The summed E-state index contributed by atoms with van der Waals surface area (Å²) in [7, 11) is 0. The molecule has 3 aromatic carbocycles. The molecule has 5 nitrogen and oxygen atoms in total. The Morgan fingerprint density at radius 3 is 2.26 bits per heavy atom. The number of carbonyl (C=O) groups is 3. The topological polar surface area (TPSA) is 66.5 Å². The molecule has 1 heterocycles. The first-order valence-corrected chi connectivity index (χ1v) is 12.0. The van der Waals surface area contributed by atoms with Crippen molar-refractivity contribution in [2.24, 2.45) is 11.8 Å². The minimum atomic E-state index is -0.367. The van der Waals surface area contributed by atoms with Crippen LogP contribution < -0.4 is 10.2 Å². The molecule has 1 aliphatic carbocycles. The Hall–Kier alpha value is -3.15. The fraction of sp³-hybridized carbons (Fsp3) is 0.222. The highest BCUT2D eigenvalue weighted by Crippen LogP contribution is 2.45. The van der Waals surface area contributed by atoms with Crippen molar-refractivity contribution < 1.29 is 14.4 Å². The summed E-state index contributed by atoms with van der Waals surface area (Å²) in [4.78, 5) is 40.3. The number of nitrogens with zero attached hydrogens (tertiary/aromatic N) is 1. The van der Waals surface area contributed by atoms with Crippen LogP contribution in [0.5, 0.6) is 0 Å². The second-order valence-corrected chi connectivity index (χ2v) is 9.53. The van der Waals surface area contributed by atoms with Gasteiger partial charge < -0.3 is 5.32 Å². The summed E-state index contributed by atoms with van der Waals surface area (Å²) in [5.74, 6) is -0.972. The number of nitrogens with one attached hydrogen (secondary N) is 1. The van der Waals surface area contributed by atoms with Crippen LogP contribution in [0.3, 0.4) is 0 Å². The summed E-state index contributed by atoms with van der Waals surface area (Å²) < 4.78 is 0. The van der Waals surface area contributed by atoms with Gasteiger partial charge in [0.05, 0.1) is 33.3 Å². The van der Waals surface area contributed by atoms with Crippen LogP contribution in [0.1, 0.15) is 41.1 Å². The van der Waals surface area contributed by atoms with Crippen molar-refractivity contribution in [1.82, 2.24) is 0 Å². The third-order valence-electron chi connectivity index (χ3n) is 6.78. The van der Waals surface area contributed by atoms with Gasteiger partial charge in [0.2, 0.25) is 11.8 Å². The zero-order valence-electron chi connectivity index (χ0n) is 18.2. The maximum absolute atomic E-state index is 13.3. The molecule has 2 fully saturated rings. The van der Waals surface area contributed by atoms with Crippen molar-refractivity contribution >= 4 is 52.3 Å². The van der Waals surface area contributed by atoms with Gasteiger partial charge in [0.15, 0.2) is 0 Å². The van der Waals surface area contributed by atoms with Crippen LogP contribution in [0.25, 0.3) is 0 Å². The third-order valence-corrected chi connectivity index (χ3v) is 7.60. The summed E-state index contributed by atoms with van der Waals surface area (Å²) in [6.45, 7) is 0. The van der Waals surface area contributed by atoms with Crippen molar-refractivity contribution in [2.45, 2.75) is 25.2 Å². The molecule has 34 heavy (non-hydrogen) atoms. The molecule has 3 atom stereocenters. The predicted molar refractivity (Wildman–Crippen MR) is 133 cm³/mol. The lowest BCUT2D eigenvalue weighted by Gasteiger charge is -2.28. The molecule has 0 aromatic heterocycles. The van der Waals surface area contributed by atoms with Crippen molar-refractivity contribution in [3.05, 3.63) is 94.0 Å². The molecular formula is C27H22Cl2N2O3. The van der Waals surface area contributed by atoms with Crippen LogP contribution >= 0.6 is 23.2 Å². The van der Waals surface area contributed by atoms with Crippen LogP contribution in [-0.2, 0) is 9.59 Å². The molecular weight excluding hydrogens is 471 g/mol. The molecule has 7 heteroatoms. The van der Waals surface area contributed by atoms with Gasteiger partial charge in [0.25, 0.3) is 5.91 Å². The highest BCUT2D eigenvalue weighted by atomic mass is 35.5. The zero-order valence-corrected chi connectivity index (χ0v) is 19.7. The number of benzene rings is 3. The van der Waals surface area contributed by atoms with E-state index in [0.717, 1.165) is 6.42 Å². The SMILES string of the molecule is O=C(Nc1cccc(Cl)c1Cl)c1ccc(N2C(=O)[C@@H]3CC[C@@H](c4ccccc4)C[C@H]3C2=O)cc1. The van der Waals surface area contributed by atoms with E-state index in [4.69, 9.17) is 23.2 Å². The summed E-state index contributed by atoms with van der Waals surface area (Å²) in [6, 6.07) is 21.6. The van der Waals surface area contributed by atoms with Gasteiger partial charge in [0, 0.05) is 5.56 Å². The normalized spacial score (nSPS) is 21.9. The van der Waals surface area contributed by atoms with Crippen LogP contribution in [-0.4, -0.2) is 17.7 Å². The highest BCUT2D eigenvalue weighted by molar-refractivity contribution is 6.44. The van der Waals surface area contributed by atoms with Gasteiger partial charge in [-0.25, -0.2) is 0 Å². The lowest BCUT2D eigenvalue weighted by Crippen LogP contribution is -2.30. The molecule has 3 amide bonds. The average molecular weight is 493 g/mol. The van der Waals surface area contributed by atoms with Crippen LogP contribution in [0.4, 0.5) is 11.4 Å². The molecule has 0 spiro atoms. The number of hydrogen-bond acceptors (Lipinski definition) is 3. The fourth-order valence-corrected chi connectivity index (χ4v) is 5.37. The molecule has 5 rings (SSSR count). The Bertz CT molecular complexity index is 1260. The van der Waals surface area contributed by atoms with Gasteiger partial charge in [-0.1, -0.05) is 59.6 Å². The van der Waals surface area contributed by atoms with Crippen LogP contribution in [0, 0.1) is 11.8 Å². The molecule has 3 aromatic rings. The summed E-state index contributed by atoms with van der Waals surface area (Å²) >= 11 is 12.2. The van der Waals surface area contributed by atoms with E-state index in [1.807, 2.05) is 18.2 Å². The van der Waals surface area contributed by atoms with Gasteiger partial charge in [-0.2, -0.15) is 0 Å². The quantitative estimate of drug-likeness (QED) is 0.433. The maximum atomic E-state index is 13.3. The summed E-state index contributed by atoms with van der Waals surface area (Å²) in [5, 5.41) is 3.34. The number of rotatable bonds is 4. The molecule has 172 valence electrons. The second-order valence-electron chi connectivity index (χ2n) is 8.75. The van der Waals surface area contributed by atoms with Gasteiger partial charge in [-0.15, -0.1) is 0 Å². The van der Waals surface area contributed by atoms with E-state index in [1.165, 1.54) is 10.5 Å². The smallest absolute Gasteiger partial charge is 0.255 e. The standard InChI is InChI=1S/C27H22Cl2N2O3/c28-22-7-4-8-23(24(22)29)30-25(32)17-9-12-19(13-10-17)31-26(33)20-14-11-18(15-21(20)27(31)34)16-5-2-1-3-6-16/h1-10,12-13,18,20-21H,11,14-15H2,(H,30,32)/t18-,20-,21-/m1/s1. The second kappa shape index (κ2) is 9.24. The largest absolute Gasteiger partial charge is 0.321 e. The minimum Gasteiger partial charge on any atom is -0.321 e. The Morgan fingerprint density at radius 1 is 0.824 bits per heavy atom. The van der Waals surface area contributed by atoms with Crippen LogP contribution in [0.2, 0.25) is 10.0 Å². The molecule has 1 aliphatic heterocycles. The maximum Gasteiger partial charge on any atom is 0.255 e. The first kappa shape index (κ1) is 22.6. The van der Waals surface area contributed by atoms with E-state index in [9.17, 15) is 14.4 Å². The molecule has 0 unspecified atom stereocenters. The first-order valence-electron chi connectivity index (χ1n) is 11.2. The fourth-order valence-electron chi connectivity index (χ4n) is 5.02. The van der Waals surface area contributed by atoms with Gasteiger partial charge in [-0.3, -0.25) is 19.3 Å². The molecule has 1 saturated carbocycles. The Morgan fingerprint density at radius 2 is 1.53 bits per heavy atom. The van der Waals surface area contributed by atoms with Gasteiger partial charge >= 0.3 is 0 Å². The lowest BCUT2D eigenvalue weighted by atomic mass is 9.73. The molecule has 1 saturated heterocycles. The van der Waals surface area contributed by atoms with Crippen molar-refractivity contribution in [3.63, 3.8) is 0 Å². The minimum absolute atomic E-state index is 0.149. The van der Waals surface area contributed by atoms with E-state index in [-0.39, 0.29) is 40.5 Å². The van der Waals surface area contributed by atoms with Crippen molar-refractivity contribution in [1.29, 1.82) is 0 Å². The predicted octanol–water partition coefficient (Wildman–Crippen LogP) is 6.32. The van der Waals surface area contributed by atoms with E-state index < -0.39 is 0 Å². The van der Waals surface area contributed by atoms with E-state index in [0.29, 0.717) is 34.8 Å². The van der Waals surface area contributed by atoms with Crippen molar-refractivity contribution in [2.75, 3.05) is 10.2 Å². The third kappa shape index (κ3) is 4.10. The summed E-state index contributed by atoms with van der Waals surface area (Å²) in [6.07, 6.45) is 2.27. The molecule has 0 bridgehead atoms. The zero-order chi connectivity index (χ0) is 23.8. The number of amides is 3. The number of fused-ring (bicyclic) bond motifs is 1. The number of hydrogen-bond donors (Lipinski definition) is 1. The number of imide groups is 1. The number of halogens is 2. The summed E-state index contributed by atoms with van der Waals surface area (Å²) in [5.41, 5.74) is 2.48. The van der Waals surface area contributed by atoms with Gasteiger partial charge in [0.1, 0.15) is 0 Å². The Kier molecular flexibility index (Phi) is 6.15. The number of carbonyl (C=O) groups excluding carboxylic acids is 3. The average Bonchev–Trinajstić information content (AvgIpc) is 3.12. The first-order chi connectivity index (χ1) is 16.4. The van der Waals surface area contributed by atoms with Gasteiger partial charge in [-0.05, 0) is 67.1 Å². The van der Waals surface area contributed by atoms with Crippen LogP contribution in [0.15, 0.2) is 72.8 Å². The molecule has 2 aliphatic rings. The number of anilines is 2. The highest BCUT2D eigenvalue weighted by Gasteiger charge is 2.50.